The Hall–Kier alpha value is -3.24. The quantitative estimate of drug-likeness (QED) is 0.343. The molecule has 4 heterocycles. The van der Waals surface area contributed by atoms with Crippen LogP contribution in [0.25, 0.3) is 22.7 Å². The lowest BCUT2D eigenvalue weighted by Crippen LogP contribution is -2.32. The molecule has 1 aliphatic heterocycles. The van der Waals surface area contributed by atoms with Gasteiger partial charge in [0.25, 0.3) is 5.89 Å². The second-order valence-electron chi connectivity index (χ2n) is 8.89. The predicted octanol–water partition coefficient (Wildman–Crippen LogP) is 5.26. The number of aromatic nitrogens is 6. The molecule has 11 heteroatoms. The summed E-state index contributed by atoms with van der Waals surface area (Å²) in [6.45, 7) is 5.76. The maximum atomic E-state index is 12.7. The number of piperidine rings is 1. The number of halogens is 3. The molecule has 0 bridgehead atoms. The number of hydrogen-bond acceptors (Lipinski definition) is 7. The second-order valence-corrected chi connectivity index (χ2v) is 9.33. The molecule has 35 heavy (non-hydrogen) atoms. The van der Waals surface area contributed by atoms with Crippen LogP contribution < -0.4 is 0 Å². The normalized spacial score (nSPS) is 15.2. The van der Waals surface area contributed by atoms with E-state index in [1.807, 2.05) is 18.3 Å². The van der Waals surface area contributed by atoms with Crippen molar-refractivity contribution < 1.29 is 13.2 Å². The summed E-state index contributed by atoms with van der Waals surface area (Å²) >= 11 is 6.42. The fourth-order valence-corrected chi connectivity index (χ4v) is 4.38. The molecule has 0 radical (unpaired) electrons. The van der Waals surface area contributed by atoms with Gasteiger partial charge in [0.1, 0.15) is 5.69 Å². The highest BCUT2D eigenvalue weighted by Gasteiger charge is 2.18. The third kappa shape index (κ3) is 5.71. The molecule has 1 aliphatic rings. The largest absolute Gasteiger partial charge is 0.415 e. The monoisotopic (exact) mass is 499 g/mol. The number of likely N-dealkylation sites (tertiary alicyclic amines) is 1. The molecule has 0 amide bonds. The molecule has 182 valence electrons. The van der Waals surface area contributed by atoms with Crippen molar-refractivity contribution in [3.05, 3.63) is 64.9 Å². The van der Waals surface area contributed by atoms with Crippen molar-refractivity contribution in [3.8, 4) is 22.7 Å². The lowest BCUT2D eigenvalue weighted by molar-refractivity contribution is 0.116. The molecule has 1 saturated heterocycles. The summed E-state index contributed by atoms with van der Waals surface area (Å²) in [7, 11) is 0. The van der Waals surface area contributed by atoms with Crippen molar-refractivity contribution >= 4 is 11.6 Å². The molecule has 4 aromatic rings. The van der Waals surface area contributed by atoms with Crippen LogP contribution in [0.3, 0.4) is 0 Å². The first-order valence-electron chi connectivity index (χ1n) is 11.4. The third-order valence-corrected chi connectivity index (χ3v) is 6.32. The van der Waals surface area contributed by atoms with Gasteiger partial charge < -0.3 is 4.42 Å². The SMILES string of the molecule is CC1CCN(Cc2cc(Cl)cc(-c3cn(Cc4ccc(-c5nnc(C(F)F)o5)cn4)nn3)c2)CC1. The van der Waals surface area contributed by atoms with Crippen LogP contribution in [0.4, 0.5) is 8.78 Å². The van der Waals surface area contributed by atoms with E-state index in [-0.39, 0.29) is 5.89 Å². The van der Waals surface area contributed by atoms with E-state index < -0.39 is 12.3 Å². The summed E-state index contributed by atoms with van der Waals surface area (Å²) in [4.78, 5) is 6.82. The molecule has 1 fully saturated rings. The van der Waals surface area contributed by atoms with E-state index in [9.17, 15) is 8.78 Å². The highest BCUT2D eigenvalue weighted by Crippen LogP contribution is 2.26. The van der Waals surface area contributed by atoms with Crippen molar-refractivity contribution in [2.45, 2.75) is 39.3 Å². The molecule has 3 aromatic heterocycles. The van der Waals surface area contributed by atoms with Crippen LogP contribution in [0.1, 0.15) is 43.3 Å². The van der Waals surface area contributed by atoms with Gasteiger partial charge in [-0.25, -0.2) is 4.68 Å². The van der Waals surface area contributed by atoms with E-state index in [0.717, 1.165) is 42.4 Å². The first-order valence-corrected chi connectivity index (χ1v) is 11.8. The van der Waals surface area contributed by atoms with Crippen LogP contribution in [-0.2, 0) is 13.1 Å². The van der Waals surface area contributed by atoms with Gasteiger partial charge in [-0.15, -0.1) is 15.3 Å². The van der Waals surface area contributed by atoms with Gasteiger partial charge in [-0.05, 0) is 67.7 Å². The third-order valence-electron chi connectivity index (χ3n) is 6.10. The number of alkyl halides is 2. The minimum atomic E-state index is -2.81. The summed E-state index contributed by atoms with van der Waals surface area (Å²) in [5.41, 5.74) is 3.97. The molecule has 0 spiro atoms. The predicted molar refractivity (Wildman–Crippen MR) is 126 cm³/mol. The van der Waals surface area contributed by atoms with Crippen LogP contribution in [-0.4, -0.2) is 48.2 Å². The second kappa shape index (κ2) is 10.2. The Balaban J connectivity index is 1.26. The molecule has 0 atom stereocenters. The molecular formula is C24H24ClF2N7O. The van der Waals surface area contributed by atoms with Crippen LogP contribution in [0.15, 0.2) is 47.1 Å². The Kier molecular flexibility index (Phi) is 6.83. The van der Waals surface area contributed by atoms with Crippen molar-refractivity contribution in [2.75, 3.05) is 13.1 Å². The first kappa shape index (κ1) is 23.5. The van der Waals surface area contributed by atoms with Crippen molar-refractivity contribution in [2.24, 2.45) is 5.92 Å². The zero-order valence-electron chi connectivity index (χ0n) is 19.1. The summed E-state index contributed by atoms with van der Waals surface area (Å²) < 4.78 is 32.0. The van der Waals surface area contributed by atoms with Crippen LogP contribution in [0.5, 0.6) is 0 Å². The maximum absolute atomic E-state index is 12.7. The highest BCUT2D eigenvalue weighted by atomic mass is 35.5. The van der Waals surface area contributed by atoms with Gasteiger partial charge >= 0.3 is 6.43 Å². The zero-order valence-corrected chi connectivity index (χ0v) is 19.9. The molecule has 0 unspecified atom stereocenters. The minimum Gasteiger partial charge on any atom is -0.415 e. The lowest BCUT2D eigenvalue weighted by atomic mass is 9.98. The molecule has 0 aliphatic carbocycles. The Labute approximate surface area is 205 Å². The number of benzene rings is 1. The fourth-order valence-electron chi connectivity index (χ4n) is 4.13. The Morgan fingerprint density at radius 3 is 2.60 bits per heavy atom. The Morgan fingerprint density at radius 1 is 1.06 bits per heavy atom. The van der Waals surface area contributed by atoms with Gasteiger partial charge in [0.2, 0.25) is 5.89 Å². The highest BCUT2D eigenvalue weighted by molar-refractivity contribution is 6.30. The van der Waals surface area contributed by atoms with Gasteiger partial charge in [0, 0.05) is 23.3 Å². The van der Waals surface area contributed by atoms with E-state index >= 15 is 0 Å². The van der Waals surface area contributed by atoms with Crippen molar-refractivity contribution in [1.29, 1.82) is 0 Å². The summed E-state index contributed by atoms with van der Waals surface area (Å²) in [6, 6.07) is 9.45. The van der Waals surface area contributed by atoms with Gasteiger partial charge in [0.15, 0.2) is 0 Å². The van der Waals surface area contributed by atoms with Crippen LogP contribution in [0, 0.1) is 5.92 Å². The van der Waals surface area contributed by atoms with Gasteiger partial charge in [-0.2, -0.15) is 8.78 Å². The molecule has 5 rings (SSSR count). The lowest BCUT2D eigenvalue weighted by Gasteiger charge is -2.30. The minimum absolute atomic E-state index is 0.00165. The average Bonchev–Trinajstić information content (AvgIpc) is 3.51. The molecule has 8 nitrogen and oxygen atoms in total. The number of pyridine rings is 1. The number of rotatable bonds is 7. The van der Waals surface area contributed by atoms with Gasteiger partial charge in [-0.1, -0.05) is 23.7 Å². The molecule has 0 saturated carbocycles. The Morgan fingerprint density at radius 2 is 1.89 bits per heavy atom. The van der Waals surface area contributed by atoms with E-state index in [1.54, 1.807) is 16.8 Å². The Bertz CT molecular complexity index is 1280. The van der Waals surface area contributed by atoms with E-state index in [4.69, 9.17) is 16.0 Å². The summed E-state index contributed by atoms with van der Waals surface area (Å²) in [6.07, 6.45) is 2.99. The van der Waals surface area contributed by atoms with E-state index in [0.29, 0.717) is 22.8 Å². The van der Waals surface area contributed by atoms with Crippen LogP contribution in [0.2, 0.25) is 5.02 Å². The fraction of sp³-hybridized carbons (Fsp3) is 0.375. The topological polar surface area (TPSA) is 85.8 Å². The number of hydrogen-bond donors (Lipinski definition) is 0. The molecule has 1 aromatic carbocycles. The van der Waals surface area contributed by atoms with Gasteiger partial charge in [0.05, 0.1) is 24.0 Å². The van der Waals surface area contributed by atoms with Crippen LogP contribution >= 0.6 is 11.6 Å². The van der Waals surface area contributed by atoms with E-state index in [2.05, 4.69) is 43.4 Å². The zero-order chi connectivity index (χ0) is 24.4. The van der Waals surface area contributed by atoms with Crippen molar-refractivity contribution in [3.63, 3.8) is 0 Å². The van der Waals surface area contributed by atoms with E-state index in [1.165, 1.54) is 19.0 Å². The standard InChI is InChI=1S/C24H24ClF2N7O/c1-15-4-6-33(7-5-15)12-16-8-18(10-19(25)9-16)21-14-34(32-29-21)13-20-3-2-17(11-28-20)23-30-31-24(35-23)22(26)27/h2-3,8-11,14-15,22H,4-7,12-13H2,1H3. The number of nitrogens with zero attached hydrogens (tertiary/aromatic N) is 7. The van der Waals surface area contributed by atoms with Gasteiger partial charge in [-0.3, -0.25) is 9.88 Å². The maximum Gasteiger partial charge on any atom is 0.314 e. The first-order chi connectivity index (χ1) is 16.9. The summed E-state index contributed by atoms with van der Waals surface area (Å²) in [5, 5.41) is 16.2. The summed E-state index contributed by atoms with van der Waals surface area (Å²) in [5.74, 6) is 0.0752. The van der Waals surface area contributed by atoms with Crippen molar-refractivity contribution in [1.82, 2.24) is 35.1 Å². The molecule has 0 N–H and O–H groups in total. The average molecular weight is 500 g/mol. The smallest absolute Gasteiger partial charge is 0.314 e. The molecular weight excluding hydrogens is 476 g/mol.